The zero-order valence-electron chi connectivity index (χ0n) is 13.6. The second kappa shape index (κ2) is 6.86. The number of oxazole rings is 1. The van der Waals surface area contributed by atoms with Gasteiger partial charge in [-0.2, -0.15) is 0 Å². The van der Waals surface area contributed by atoms with Gasteiger partial charge in [0.25, 0.3) is 5.91 Å². The number of nitrogens with one attached hydrogen (secondary N) is 1. The molecule has 0 saturated heterocycles. The molecule has 0 saturated carbocycles. The second-order valence-electron chi connectivity index (χ2n) is 5.90. The molecule has 0 unspecified atom stereocenters. The summed E-state index contributed by atoms with van der Waals surface area (Å²) < 4.78 is 11.3. The number of aryl methyl sites for hydroxylation is 2. The highest BCUT2D eigenvalue weighted by Gasteiger charge is 2.21. The number of para-hydroxylation sites is 1. The van der Waals surface area contributed by atoms with Crippen molar-refractivity contribution in [3.05, 3.63) is 47.2 Å². The smallest absolute Gasteiger partial charge is 0.289 e. The van der Waals surface area contributed by atoms with E-state index in [-0.39, 0.29) is 5.91 Å². The summed E-state index contributed by atoms with van der Waals surface area (Å²) in [6, 6.07) is 8.09. The molecule has 0 spiro atoms. The summed E-state index contributed by atoms with van der Waals surface area (Å²) in [7, 11) is 0. The van der Waals surface area contributed by atoms with Crippen molar-refractivity contribution in [2.24, 2.45) is 5.92 Å². The van der Waals surface area contributed by atoms with E-state index < -0.39 is 0 Å². The van der Waals surface area contributed by atoms with Gasteiger partial charge in [-0.25, -0.2) is 4.98 Å². The maximum atomic E-state index is 12.3. The van der Waals surface area contributed by atoms with E-state index in [4.69, 9.17) is 9.15 Å². The molecule has 3 rings (SSSR count). The Hall–Kier alpha value is -2.30. The van der Waals surface area contributed by atoms with Gasteiger partial charge in [-0.05, 0) is 37.3 Å². The lowest BCUT2D eigenvalue weighted by Gasteiger charge is -2.14. The summed E-state index contributed by atoms with van der Waals surface area (Å²) in [5, 5.41) is 2.98. The molecule has 2 aromatic rings. The molecule has 5 nitrogen and oxygen atoms in total. The summed E-state index contributed by atoms with van der Waals surface area (Å²) in [4.78, 5) is 16.5. The van der Waals surface area contributed by atoms with Crippen LogP contribution >= 0.6 is 0 Å². The van der Waals surface area contributed by atoms with E-state index in [0.717, 1.165) is 18.6 Å². The molecule has 0 fully saturated rings. The Morgan fingerprint density at radius 2 is 2.22 bits per heavy atom. The minimum absolute atomic E-state index is 0.187. The Morgan fingerprint density at radius 3 is 3.00 bits per heavy atom. The van der Waals surface area contributed by atoms with Crippen LogP contribution in [0.5, 0.6) is 5.75 Å². The highest BCUT2D eigenvalue weighted by atomic mass is 16.5. The van der Waals surface area contributed by atoms with Crippen LogP contribution in [-0.2, 0) is 12.8 Å². The number of carbonyl (C=O) groups is 1. The van der Waals surface area contributed by atoms with E-state index in [0.29, 0.717) is 42.8 Å². The predicted octanol–water partition coefficient (Wildman–Crippen LogP) is 2.92. The number of fused-ring (bicyclic) bond motifs is 1. The number of rotatable bonds is 4. The Kier molecular flexibility index (Phi) is 4.65. The van der Waals surface area contributed by atoms with Crippen molar-refractivity contribution in [2.75, 3.05) is 13.2 Å². The van der Waals surface area contributed by atoms with Gasteiger partial charge in [0.05, 0.1) is 12.3 Å². The monoisotopic (exact) mass is 314 g/mol. The van der Waals surface area contributed by atoms with E-state index >= 15 is 0 Å². The van der Waals surface area contributed by atoms with Gasteiger partial charge in [0.1, 0.15) is 5.75 Å². The number of ether oxygens (including phenoxy) is 1. The summed E-state index contributed by atoms with van der Waals surface area (Å²) in [6.07, 6.45) is 2.52. The number of carbonyl (C=O) groups excluding carboxylic acids is 1. The minimum Gasteiger partial charge on any atom is -0.493 e. The van der Waals surface area contributed by atoms with E-state index in [1.807, 2.05) is 25.1 Å². The van der Waals surface area contributed by atoms with Gasteiger partial charge >= 0.3 is 0 Å². The van der Waals surface area contributed by atoms with Gasteiger partial charge in [0.2, 0.25) is 5.76 Å². The van der Waals surface area contributed by atoms with E-state index in [9.17, 15) is 4.79 Å². The van der Waals surface area contributed by atoms with Gasteiger partial charge < -0.3 is 14.5 Å². The molecule has 0 radical (unpaired) electrons. The lowest BCUT2D eigenvalue weighted by molar-refractivity contribution is 0.0915. The molecule has 1 aromatic carbocycles. The fourth-order valence-corrected chi connectivity index (χ4v) is 2.87. The molecule has 5 heteroatoms. The van der Waals surface area contributed by atoms with Gasteiger partial charge in [-0.1, -0.05) is 25.1 Å². The van der Waals surface area contributed by atoms with Crippen LogP contribution in [0.1, 0.15) is 41.0 Å². The van der Waals surface area contributed by atoms with Crippen LogP contribution in [0, 0.1) is 12.8 Å². The Morgan fingerprint density at radius 1 is 1.39 bits per heavy atom. The van der Waals surface area contributed by atoms with Gasteiger partial charge in [-0.15, -0.1) is 0 Å². The van der Waals surface area contributed by atoms with Crippen molar-refractivity contribution in [2.45, 2.75) is 33.1 Å². The first-order chi connectivity index (χ1) is 11.2. The van der Waals surface area contributed by atoms with Crippen molar-refractivity contribution in [3.63, 3.8) is 0 Å². The van der Waals surface area contributed by atoms with Crippen LogP contribution in [0.15, 0.2) is 28.7 Å². The normalized spacial score (nSPS) is 17.0. The average molecular weight is 314 g/mol. The topological polar surface area (TPSA) is 64.4 Å². The molecular formula is C18H22N2O3. The molecule has 23 heavy (non-hydrogen) atoms. The third-order valence-electron chi connectivity index (χ3n) is 4.17. The number of hydrogen-bond acceptors (Lipinski definition) is 4. The average Bonchev–Trinajstić information content (AvgIpc) is 2.82. The minimum atomic E-state index is -0.187. The van der Waals surface area contributed by atoms with Crippen LogP contribution in [0.2, 0.25) is 0 Å². The van der Waals surface area contributed by atoms with Crippen LogP contribution < -0.4 is 10.1 Å². The third kappa shape index (κ3) is 3.55. The quantitative estimate of drug-likeness (QED) is 0.942. The molecule has 1 aromatic heterocycles. The fourth-order valence-electron chi connectivity index (χ4n) is 2.87. The molecule has 2 heterocycles. The largest absolute Gasteiger partial charge is 0.493 e. The van der Waals surface area contributed by atoms with Crippen LogP contribution in [0.25, 0.3) is 0 Å². The second-order valence-corrected chi connectivity index (χ2v) is 5.90. The fraction of sp³-hybridized carbons (Fsp3) is 0.444. The van der Waals surface area contributed by atoms with Crippen LogP contribution in [-0.4, -0.2) is 24.0 Å². The molecule has 1 aliphatic heterocycles. The first kappa shape index (κ1) is 15.6. The summed E-state index contributed by atoms with van der Waals surface area (Å²) in [5.74, 6) is 2.06. The molecule has 1 aliphatic rings. The standard InChI is InChI=1S/C18H22N2O3/c1-3-16-20-12(2)17(23-16)18(21)19-11-13-8-9-22-15-7-5-4-6-14(15)10-13/h4-7,13H,3,8-11H2,1-2H3,(H,19,21)/t13-/m0/s1. The molecule has 122 valence electrons. The summed E-state index contributed by atoms with van der Waals surface area (Å²) in [6.45, 7) is 5.04. The Labute approximate surface area is 136 Å². The molecule has 1 amide bonds. The number of hydrogen-bond donors (Lipinski definition) is 1. The molecule has 0 aliphatic carbocycles. The van der Waals surface area contributed by atoms with Crippen molar-refractivity contribution in [1.29, 1.82) is 0 Å². The predicted molar refractivity (Wildman–Crippen MR) is 86.7 cm³/mol. The number of amides is 1. The van der Waals surface area contributed by atoms with Crippen molar-refractivity contribution >= 4 is 5.91 Å². The van der Waals surface area contributed by atoms with Crippen LogP contribution in [0.4, 0.5) is 0 Å². The lowest BCUT2D eigenvalue weighted by Crippen LogP contribution is -2.30. The zero-order valence-corrected chi connectivity index (χ0v) is 13.6. The Balaban J connectivity index is 1.61. The number of nitrogens with zero attached hydrogens (tertiary/aromatic N) is 1. The van der Waals surface area contributed by atoms with Gasteiger partial charge in [0.15, 0.2) is 5.89 Å². The molecular weight excluding hydrogens is 292 g/mol. The van der Waals surface area contributed by atoms with Gasteiger partial charge in [0, 0.05) is 13.0 Å². The van der Waals surface area contributed by atoms with E-state index in [1.54, 1.807) is 6.92 Å². The van der Waals surface area contributed by atoms with E-state index in [1.165, 1.54) is 5.56 Å². The van der Waals surface area contributed by atoms with Gasteiger partial charge in [-0.3, -0.25) is 4.79 Å². The highest BCUT2D eigenvalue weighted by molar-refractivity contribution is 5.92. The first-order valence-corrected chi connectivity index (χ1v) is 8.12. The van der Waals surface area contributed by atoms with Crippen LogP contribution in [0.3, 0.4) is 0 Å². The summed E-state index contributed by atoms with van der Waals surface area (Å²) in [5.41, 5.74) is 1.85. The molecule has 1 N–H and O–H groups in total. The molecule has 0 bridgehead atoms. The van der Waals surface area contributed by atoms with Crippen molar-refractivity contribution in [3.8, 4) is 5.75 Å². The maximum absolute atomic E-state index is 12.3. The third-order valence-corrected chi connectivity index (χ3v) is 4.17. The highest BCUT2D eigenvalue weighted by Crippen LogP contribution is 2.26. The zero-order chi connectivity index (χ0) is 16.2. The number of benzene rings is 1. The molecule has 1 atom stereocenters. The first-order valence-electron chi connectivity index (χ1n) is 8.12. The summed E-state index contributed by atoms with van der Waals surface area (Å²) >= 11 is 0. The van der Waals surface area contributed by atoms with E-state index in [2.05, 4.69) is 16.4 Å². The lowest BCUT2D eigenvalue weighted by atomic mass is 9.97. The maximum Gasteiger partial charge on any atom is 0.289 e. The number of aromatic nitrogens is 1. The van der Waals surface area contributed by atoms with Crippen molar-refractivity contribution in [1.82, 2.24) is 10.3 Å². The van der Waals surface area contributed by atoms with Crippen molar-refractivity contribution < 1.29 is 13.9 Å². The Bertz CT molecular complexity index is 693. The SMILES string of the molecule is CCc1nc(C)c(C(=O)NC[C@H]2CCOc3ccccc3C2)o1.